The van der Waals surface area contributed by atoms with Crippen molar-refractivity contribution in [3.63, 3.8) is 0 Å². The predicted octanol–water partition coefficient (Wildman–Crippen LogP) is 3.79. The van der Waals surface area contributed by atoms with Gasteiger partial charge in [0.05, 0.1) is 6.42 Å². The van der Waals surface area contributed by atoms with Gasteiger partial charge < -0.3 is 5.11 Å². The third-order valence-corrected chi connectivity index (χ3v) is 3.73. The fraction of sp³-hybridized carbons (Fsp3) is 0.333. The maximum Gasteiger partial charge on any atom is 0.446 e. The van der Waals surface area contributed by atoms with Crippen molar-refractivity contribution in [1.29, 1.82) is 0 Å². The predicted molar refractivity (Wildman–Crippen MR) is 69.0 cm³/mol. The molecule has 0 fully saturated rings. The molecule has 0 aromatic heterocycles. The molecule has 0 saturated carbocycles. The molecule has 110 valence electrons. The average molecular weight is 327 g/mol. The van der Waals surface area contributed by atoms with E-state index in [9.17, 15) is 22.8 Å². The van der Waals surface area contributed by atoms with Crippen molar-refractivity contribution in [3.05, 3.63) is 29.3 Å². The number of halogens is 4. The molecule has 0 heterocycles. The molecule has 0 aliphatic rings. The van der Waals surface area contributed by atoms with E-state index in [0.717, 1.165) is 6.07 Å². The highest BCUT2D eigenvalue weighted by Gasteiger charge is 2.32. The Morgan fingerprint density at radius 3 is 2.45 bits per heavy atom. The van der Waals surface area contributed by atoms with Crippen molar-refractivity contribution in [2.24, 2.45) is 0 Å². The molecule has 1 N–H and O–H groups in total. The summed E-state index contributed by atoms with van der Waals surface area (Å²) < 4.78 is 37.4. The van der Waals surface area contributed by atoms with Gasteiger partial charge in [0.1, 0.15) is 5.38 Å². The van der Waals surface area contributed by atoms with Crippen molar-refractivity contribution in [1.82, 2.24) is 0 Å². The monoisotopic (exact) mass is 326 g/mol. The molecule has 0 aliphatic carbocycles. The Balaban J connectivity index is 3.33. The average Bonchev–Trinajstić information content (AvgIpc) is 2.27. The van der Waals surface area contributed by atoms with E-state index in [1.54, 1.807) is 0 Å². The molecule has 0 radical (unpaired) electrons. The molecule has 0 amide bonds. The lowest BCUT2D eigenvalue weighted by atomic mass is 10.00. The van der Waals surface area contributed by atoms with E-state index in [0.29, 0.717) is 0 Å². The van der Waals surface area contributed by atoms with E-state index in [1.807, 2.05) is 0 Å². The SMILES string of the molecule is CC(=O)C(Cl)c1cccc(SC(F)(F)F)c1CC(=O)O. The highest BCUT2D eigenvalue weighted by atomic mass is 35.5. The molecule has 8 heteroatoms. The van der Waals surface area contributed by atoms with Gasteiger partial charge in [-0.2, -0.15) is 13.2 Å². The minimum absolute atomic E-state index is 0.0856. The number of hydrogen-bond acceptors (Lipinski definition) is 3. The van der Waals surface area contributed by atoms with Crippen LogP contribution in [0.4, 0.5) is 13.2 Å². The lowest BCUT2D eigenvalue weighted by molar-refractivity contribution is -0.136. The summed E-state index contributed by atoms with van der Waals surface area (Å²) in [4.78, 5) is 21.8. The smallest absolute Gasteiger partial charge is 0.446 e. The number of carboxylic acid groups (broad SMARTS) is 1. The Bertz CT molecular complexity index is 531. The maximum absolute atomic E-state index is 12.5. The molecule has 3 nitrogen and oxygen atoms in total. The Kier molecular flexibility index (Phi) is 5.47. The highest BCUT2D eigenvalue weighted by Crippen LogP contribution is 2.41. The van der Waals surface area contributed by atoms with Crippen molar-refractivity contribution in [2.45, 2.75) is 29.1 Å². The number of carbonyl (C=O) groups is 2. The number of thioether (sulfide) groups is 1. The summed E-state index contributed by atoms with van der Waals surface area (Å²) >= 11 is 5.42. The molecule has 1 atom stereocenters. The molecular weight excluding hydrogens is 317 g/mol. The quantitative estimate of drug-likeness (QED) is 0.660. The van der Waals surface area contributed by atoms with E-state index in [2.05, 4.69) is 0 Å². The third-order valence-electron chi connectivity index (χ3n) is 2.35. The zero-order valence-electron chi connectivity index (χ0n) is 10.2. The summed E-state index contributed by atoms with van der Waals surface area (Å²) in [6.45, 7) is 1.19. The van der Waals surface area contributed by atoms with Gasteiger partial charge in [-0.05, 0) is 35.9 Å². The van der Waals surface area contributed by atoms with E-state index < -0.39 is 40.8 Å². The van der Waals surface area contributed by atoms with Gasteiger partial charge in [0.15, 0.2) is 5.78 Å². The van der Waals surface area contributed by atoms with Crippen LogP contribution < -0.4 is 0 Å². The van der Waals surface area contributed by atoms with Gasteiger partial charge in [-0.1, -0.05) is 12.1 Å². The normalized spacial score (nSPS) is 13.1. The summed E-state index contributed by atoms with van der Waals surface area (Å²) in [5, 5.41) is 7.65. The number of rotatable bonds is 5. The number of Topliss-reactive ketones (excluding diaryl/α,β-unsaturated/α-hetero) is 1. The maximum atomic E-state index is 12.5. The van der Waals surface area contributed by atoms with E-state index >= 15 is 0 Å². The molecule has 0 saturated heterocycles. The number of ketones is 1. The Hall–Kier alpha value is -1.21. The van der Waals surface area contributed by atoms with E-state index in [-0.39, 0.29) is 16.0 Å². The number of hydrogen-bond donors (Lipinski definition) is 1. The largest absolute Gasteiger partial charge is 0.481 e. The first-order valence-corrected chi connectivity index (χ1v) is 6.61. The minimum atomic E-state index is -4.55. The van der Waals surface area contributed by atoms with Crippen LogP contribution in [0.3, 0.4) is 0 Å². The van der Waals surface area contributed by atoms with E-state index in [1.165, 1.54) is 19.1 Å². The summed E-state index contributed by atoms with van der Waals surface area (Å²) in [5.74, 6) is -1.76. The van der Waals surface area contributed by atoms with Crippen LogP contribution in [0.25, 0.3) is 0 Å². The van der Waals surface area contributed by atoms with Gasteiger partial charge in [0.2, 0.25) is 0 Å². The van der Waals surface area contributed by atoms with Crippen LogP contribution in [0.1, 0.15) is 23.4 Å². The first-order valence-electron chi connectivity index (χ1n) is 5.35. The Labute approximate surface area is 122 Å². The minimum Gasteiger partial charge on any atom is -0.481 e. The Morgan fingerprint density at radius 1 is 1.40 bits per heavy atom. The number of carbonyl (C=O) groups excluding carboxylic acids is 1. The summed E-state index contributed by atoms with van der Waals surface area (Å²) in [7, 11) is 0. The second kappa shape index (κ2) is 6.49. The van der Waals surface area contributed by atoms with Gasteiger partial charge in [0, 0.05) is 4.90 Å². The molecular formula is C12H10ClF3O3S. The zero-order chi connectivity index (χ0) is 15.5. The van der Waals surface area contributed by atoms with Crippen molar-refractivity contribution in [2.75, 3.05) is 0 Å². The number of aliphatic carboxylic acids is 1. The molecule has 0 spiro atoms. The fourth-order valence-electron chi connectivity index (χ4n) is 1.60. The zero-order valence-corrected chi connectivity index (χ0v) is 11.8. The lowest BCUT2D eigenvalue weighted by Crippen LogP contribution is -2.11. The molecule has 1 aromatic rings. The summed E-state index contributed by atoms with van der Waals surface area (Å²) in [5.41, 5.74) is -4.54. The first-order chi connectivity index (χ1) is 9.11. The van der Waals surface area contributed by atoms with Crippen molar-refractivity contribution in [3.8, 4) is 0 Å². The van der Waals surface area contributed by atoms with Crippen LogP contribution >= 0.6 is 23.4 Å². The first kappa shape index (κ1) is 16.8. The lowest BCUT2D eigenvalue weighted by Gasteiger charge is -2.16. The molecule has 0 bridgehead atoms. The van der Waals surface area contributed by atoms with Crippen molar-refractivity contribution >= 4 is 35.1 Å². The van der Waals surface area contributed by atoms with Crippen LogP contribution in [0, 0.1) is 0 Å². The van der Waals surface area contributed by atoms with E-state index in [4.69, 9.17) is 16.7 Å². The van der Waals surface area contributed by atoms with Gasteiger partial charge in [-0.3, -0.25) is 9.59 Å². The Morgan fingerprint density at radius 2 is 2.00 bits per heavy atom. The molecule has 0 aliphatic heterocycles. The molecule has 20 heavy (non-hydrogen) atoms. The fourth-order valence-corrected chi connectivity index (χ4v) is 2.51. The van der Waals surface area contributed by atoms with Gasteiger partial charge in [0.25, 0.3) is 0 Å². The highest BCUT2D eigenvalue weighted by molar-refractivity contribution is 8.00. The third kappa shape index (κ3) is 4.72. The van der Waals surface area contributed by atoms with Crippen LogP contribution in [-0.2, 0) is 16.0 Å². The van der Waals surface area contributed by atoms with Crippen molar-refractivity contribution < 1.29 is 27.9 Å². The second-order valence-corrected chi connectivity index (χ2v) is 5.46. The summed E-state index contributed by atoms with van der Waals surface area (Å²) in [6, 6.07) is 3.83. The standard InChI is InChI=1S/C12H10ClF3O3S/c1-6(17)11(13)7-3-2-4-9(20-12(14,15)16)8(7)5-10(18)19/h2-4,11H,5H2,1H3,(H,18,19). The van der Waals surface area contributed by atoms with Gasteiger partial charge in [-0.15, -0.1) is 11.6 Å². The van der Waals surface area contributed by atoms with Crippen LogP contribution in [0.5, 0.6) is 0 Å². The van der Waals surface area contributed by atoms with Gasteiger partial charge in [-0.25, -0.2) is 0 Å². The van der Waals surface area contributed by atoms with Gasteiger partial charge >= 0.3 is 11.5 Å². The number of alkyl halides is 4. The van der Waals surface area contributed by atoms with Crippen LogP contribution in [0.2, 0.25) is 0 Å². The summed E-state index contributed by atoms with van der Waals surface area (Å²) in [6.07, 6.45) is -0.634. The van der Waals surface area contributed by atoms with Crippen LogP contribution in [-0.4, -0.2) is 22.4 Å². The topological polar surface area (TPSA) is 54.4 Å². The molecule has 1 unspecified atom stereocenters. The molecule has 1 rings (SSSR count). The number of carboxylic acids is 1. The number of benzene rings is 1. The second-order valence-electron chi connectivity index (χ2n) is 3.92. The molecule has 1 aromatic carbocycles. The van der Waals surface area contributed by atoms with Crippen LogP contribution in [0.15, 0.2) is 23.1 Å².